The summed E-state index contributed by atoms with van der Waals surface area (Å²) >= 11 is 5.53. The first-order valence-corrected chi connectivity index (χ1v) is 18.4. The molecule has 0 atom stereocenters. The van der Waals surface area contributed by atoms with Crippen molar-refractivity contribution in [1.82, 2.24) is 15.6 Å². The maximum atomic E-state index is 15.3. The lowest BCUT2D eigenvalue weighted by atomic mass is 9.99. The second kappa shape index (κ2) is 15.5. The maximum absolute atomic E-state index is 15.3. The number of amides is 3. The topological polar surface area (TPSA) is 143 Å². The van der Waals surface area contributed by atoms with E-state index in [1.54, 1.807) is 0 Å². The van der Waals surface area contributed by atoms with E-state index in [1.165, 1.54) is 55.1 Å². The molecule has 0 unspecified atom stereocenters. The van der Waals surface area contributed by atoms with Crippen molar-refractivity contribution in [2.75, 3.05) is 41.4 Å². The predicted octanol–water partition coefficient (Wildman–Crippen LogP) is 6.95. The maximum Gasteiger partial charge on any atom is 0.417 e. The van der Waals surface area contributed by atoms with Gasteiger partial charge in [-0.05, 0) is 97.7 Å². The summed E-state index contributed by atoms with van der Waals surface area (Å²) in [4.78, 5) is 44.0. The Balaban J connectivity index is 0.902. The Morgan fingerprint density at radius 3 is 2.47 bits per heavy atom. The second-order valence-electron chi connectivity index (χ2n) is 14.1. The highest BCUT2D eigenvalue weighted by atomic mass is 32.1. The molecule has 2 aliphatic rings. The fourth-order valence-electron chi connectivity index (χ4n) is 7.15. The Morgan fingerprint density at radius 1 is 1.02 bits per heavy atom. The van der Waals surface area contributed by atoms with Crippen LogP contribution in [0.3, 0.4) is 0 Å². The number of ether oxygens (including phenoxy) is 1. The minimum absolute atomic E-state index is 0.0556. The molecule has 17 heteroatoms. The normalized spacial score (nSPS) is 15.0. The summed E-state index contributed by atoms with van der Waals surface area (Å²) in [5, 5.41) is 18.2. The molecule has 58 heavy (non-hydrogen) atoms. The van der Waals surface area contributed by atoms with Crippen LogP contribution in [-0.4, -0.2) is 59.7 Å². The van der Waals surface area contributed by atoms with Gasteiger partial charge in [0.05, 0.1) is 40.7 Å². The molecule has 2 aliphatic heterocycles. The van der Waals surface area contributed by atoms with E-state index in [0.717, 1.165) is 39.4 Å². The number of carbonyl (C=O) groups is 3. The lowest BCUT2D eigenvalue weighted by Crippen LogP contribution is -2.44. The van der Waals surface area contributed by atoms with Gasteiger partial charge in [0.2, 0.25) is 5.91 Å². The number of alkyl halides is 3. The monoisotopic (exact) mass is 815 g/mol. The first kappa shape index (κ1) is 39.8. The standard InChI is InChI=1S/C41H34F5N7O4S/c1-40(2)38(56)52(26-8-7-24(19-47)30(17-26)41(44,45)46)39(58)53(40)27-9-10-32(31(43)18-27)48-13-14-57-21-34(54)50-20-22-3-5-23(6-4-22)36-28-11-12-49-37(55)29-15-25(42)16-33(51-36)35(28)29/h3-10,15-18,48,51H,11-14,20-21H2,1-2H3,(H,49,55)(H,50,54). The van der Waals surface area contributed by atoms with Gasteiger partial charge >= 0.3 is 6.18 Å². The average Bonchev–Trinajstić information content (AvgIpc) is 3.55. The molecule has 1 aromatic heterocycles. The van der Waals surface area contributed by atoms with E-state index >= 15 is 4.39 Å². The first-order chi connectivity index (χ1) is 27.6. The number of H-pyrrole nitrogens is 1. The lowest BCUT2D eigenvalue weighted by Gasteiger charge is -2.29. The molecule has 3 heterocycles. The summed E-state index contributed by atoms with van der Waals surface area (Å²) in [6.07, 6.45) is -4.27. The van der Waals surface area contributed by atoms with E-state index in [2.05, 4.69) is 20.9 Å². The molecule has 0 radical (unpaired) electrons. The quantitative estimate of drug-likeness (QED) is 0.0638. The molecule has 0 aliphatic carbocycles. The minimum Gasteiger partial charge on any atom is -0.380 e. The molecule has 7 rings (SSSR count). The SMILES string of the molecule is CC1(C)C(=O)N(c2ccc(C#N)c(C(F)(F)F)c2)C(=S)N1c1ccc(NCCOCC(=O)NCc2ccc(-c3[nH]c4cc(F)cc5c4c3CCNC5=O)cc2)c(F)c1. The number of rotatable bonds is 11. The molecule has 298 valence electrons. The van der Waals surface area contributed by atoms with Gasteiger partial charge in [-0.15, -0.1) is 0 Å². The molecule has 0 saturated carbocycles. The molecule has 0 bridgehead atoms. The Morgan fingerprint density at radius 2 is 1.76 bits per heavy atom. The number of benzene rings is 4. The van der Waals surface area contributed by atoms with E-state index in [1.807, 2.05) is 24.3 Å². The van der Waals surface area contributed by atoms with Gasteiger partial charge in [0.15, 0.2) is 5.11 Å². The van der Waals surface area contributed by atoms with Crippen LogP contribution < -0.4 is 25.8 Å². The summed E-state index contributed by atoms with van der Waals surface area (Å²) < 4.78 is 76.0. The zero-order chi connectivity index (χ0) is 41.5. The third-order valence-electron chi connectivity index (χ3n) is 9.96. The van der Waals surface area contributed by atoms with Crippen molar-refractivity contribution >= 4 is 63.0 Å². The molecule has 4 N–H and O–H groups in total. The van der Waals surface area contributed by atoms with Crippen LogP contribution in [-0.2, 0) is 33.5 Å². The van der Waals surface area contributed by atoms with Crippen LogP contribution in [0.5, 0.6) is 0 Å². The summed E-state index contributed by atoms with van der Waals surface area (Å²) in [5.74, 6) is -2.53. The Hall–Kier alpha value is -6.38. The van der Waals surface area contributed by atoms with E-state index in [0.29, 0.717) is 35.5 Å². The van der Waals surface area contributed by atoms with Gasteiger partial charge in [0, 0.05) is 41.9 Å². The smallest absolute Gasteiger partial charge is 0.380 e. The number of nitrogens with zero attached hydrogens (tertiary/aromatic N) is 3. The van der Waals surface area contributed by atoms with Gasteiger partial charge in [-0.3, -0.25) is 19.3 Å². The van der Waals surface area contributed by atoms with Crippen LogP contribution in [0.2, 0.25) is 0 Å². The highest BCUT2D eigenvalue weighted by molar-refractivity contribution is 7.81. The number of aromatic amines is 1. The number of hydrogen-bond donors (Lipinski definition) is 4. The highest BCUT2D eigenvalue weighted by Crippen LogP contribution is 2.40. The minimum atomic E-state index is -4.85. The summed E-state index contributed by atoms with van der Waals surface area (Å²) in [6, 6.07) is 18.5. The Bertz CT molecular complexity index is 2530. The van der Waals surface area contributed by atoms with Crippen molar-refractivity contribution in [2.24, 2.45) is 0 Å². The van der Waals surface area contributed by atoms with Gasteiger partial charge in [0.1, 0.15) is 23.8 Å². The van der Waals surface area contributed by atoms with Gasteiger partial charge in [-0.25, -0.2) is 8.78 Å². The molecule has 4 aromatic carbocycles. The molecule has 3 amide bonds. The van der Waals surface area contributed by atoms with E-state index in [9.17, 15) is 31.9 Å². The third kappa shape index (κ3) is 7.55. The Labute approximate surface area is 333 Å². The number of anilines is 3. The zero-order valence-electron chi connectivity index (χ0n) is 30.9. The second-order valence-corrected chi connectivity index (χ2v) is 14.5. The number of thiocarbonyl (C=S) groups is 1. The van der Waals surface area contributed by atoms with Gasteiger partial charge in [-0.2, -0.15) is 18.4 Å². The number of carbonyl (C=O) groups excluding carboxylic acids is 3. The van der Waals surface area contributed by atoms with Crippen molar-refractivity contribution in [3.05, 3.63) is 112 Å². The predicted molar refractivity (Wildman–Crippen MR) is 210 cm³/mol. The molecule has 5 aromatic rings. The molecule has 1 fully saturated rings. The number of nitrogens with one attached hydrogen (secondary N) is 4. The number of hydrogen-bond acceptors (Lipinski definition) is 7. The molecule has 1 saturated heterocycles. The lowest BCUT2D eigenvalue weighted by molar-refractivity contribution is -0.137. The van der Waals surface area contributed by atoms with Crippen LogP contribution in [0.15, 0.2) is 72.8 Å². The largest absolute Gasteiger partial charge is 0.417 e. The highest BCUT2D eigenvalue weighted by Gasteiger charge is 2.51. The van der Waals surface area contributed by atoms with Crippen LogP contribution >= 0.6 is 12.2 Å². The number of halogens is 5. The summed E-state index contributed by atoms with van der Waals surface area (Å²) in [6.45, 7) is 3.62. The van der Waals surface area contributed by atoms with Gasteiger partial charge in [0.25, 0.3) is 11.8 Å². The van der Waals surface area contributed by atoms with Crippen molar-refractivity contribution in [3.63, 3.8) is 0 Å². The van der Waals surface area contributed by atoms with E-state index in [-0.39, 0.29) is 60.3 Å². The molecule has 0 spiro atoms. The molecular formula is C41H34F5N7O4S. The molecule has 11 nitrogen and oxygen atoms in total. The van der Waals surface area contributed by atoms with Gasteiger partial charge in [-0.1, -0.05) is 24.3 Å². The third-order valence-corrected chi connectivity index (χ3v) is 10.3. The van der Waals surface area contributed by atoms with Crippen molar-refractivity contribution in [1.29, 1.82) is 5.26 Å². The van der Waals surface area contributed by atoms with E-state index < -0.39 is 40.4 Å². The van der Waals surface area contributed by atoms with Crippen LogP contribution in [0.1, 0.15) is 46.5 Å². The van der Waals surface area contributed by atoms with Crippen molar-refractivity contribution in [2.45, 2.75) is 38.5 Å². The zero-order valence-corrected chi connectivity index (χ0v) is 31.8. The van der Waals surface area contributed by atoms with Crippen LogP contribution in [0, 0.1) is 23.0 Å². The van der Waals surface area contributed by atoms with Crippen LogP contribution in [0.4, 0.5) is 39.0 Å². The van der Waals surface area contributed by atoms with Crippen molar-refractivity contribution in [3.8, 4) is 17.3 Å². The average molecular weight is 816 g/mol. The summed E-state index contributed by atoms with van der Waals surface area (Å²) in [7, 11) is 0. The molecular weight excluding hydrogens is 782 g/mol. The first-order valence-electron chi connectivity index (χ1n) is 18.0. The van der Waals surface area contributed by atoms with E-state index in [4.69, 9.17) is 22.2 Å². The van der Waals surface area contributed by atoms with Crippen molar-refractivity contribution < 1.29 is 41.1 Å². The number of aromatic nitrogens is 1. The Kier molecular flexibility index (Phi) is 10.7. The fraction of sp³-hybridized carbons (Fsp3) is 0.244. The summed E-state index contributed by atoms with van der Waals surface area (Å²) in [5.41, 5.74) is 1.11. The fourth-order valence-corrected chi connectivity index (χ4v) is 7.67. The number of nitriles is 1. The van der Waals surface area contributed by atoms with Gasteiger partial charge < -0.3 is 30.6 Å². The van der Waals surface area contributed by atoms with Crippen LogP contribution in [0.25, 0.3) is 22.2 Å².